The molecule has 1 N–H and O–H groups in total. The molecule has 3 aromatic carbocycles. The van der Waals surface area contributed by atoms with Gasteiger partial charge in [0, 0.05) is 36.1 Å². The molecule has 1 aliphatic carbocycles. The number of hydrogen-bond acceptors (Lipinski definition) is 3. The van der Waals surface area contributed by atoms with Gasteiger partial charge in [0.05, 0.1) is 0 Å². The van der Waals surface area contributed by atoms with Gasteiger partial charge >= 0.3 is 0 Å². The van der Waals surface area contributed by atoms with Crippen molar-refractivity contribution in [1.29, 1.82) is 0 Å². The lowest BCUT2D eigenvalue weighted by atomic mass is 9.94. The molecule has 0 aromatic heterocycles. The SMILES string of the molecule is O=C(NC1CCCCC1)C(Cc1ccccc1)N(Cc1ccc(F)cc1)C(=O)CCSc1ccccc1. The molecule has 1 atom stereocenters. The van der Waals surface area contributed by atoms with Gasteiger partial charge in [-0.25, -0.2) is 4.39 Å². The van der Waals surface area contributed by atoms with Gasteiger partial charge in [-0.1, -0.05) is 79.9 Å². The summed E-state index contributed by atoms with van der Waals surface area (Å²) in [6.07, 6.45) is 6.12. The van der Waals surface area contributed by atoms with Crippen LogP contribution in [0.25, 0.3) is 0 Å². The van der Waals surface area contributed by atoms with E-state index in [-0.39, 0.29) is 30.2 Å². The van der Waals surface area contributed by atoms with Gasteiger partial charge in [-0.3, -0.25) is 9.59 Å². The van der Waals surface area contributed by atoms with Crippen molar-refractivity contribution in [1.82, 2.24) is 10.2 Å². The summed E-state index contributed by atoms with van der Waals surface area (Å²) in [6, 6.07) is 25.5. The number of nitrogens with one attached hydrogen (secondary N) is 1. The van der Waals surface area contributed by atoms with E-state index < -0.39 is 6.04 Å². The Hall–Kier alpha value is -3.12. The molecule has 2 amide bonds. The zero-order valence-electron chi connectivity index (χ0n) is 21.2. The molecule has 0 aliphatic heterocycles. The van der Waals surface area contributed by atoms with Crippen molar-refractivity contribution in [2.24, 2.45) is 0 Å². The predicted molar refractivity (Wildman–Crippen MR) is 148 cm³/mol. The second kappa shape index (κ2) is 14.0. The van der Waals surface area contributed by atoms with Crippen LogP contribution in [0.1, 0.15) is 49.7 Å². The summed E-state index contributed by atoms with van der Waals surface area (Å²) < 4.78 is 13.6. The van der Waals surface area contributed by atoms with E-state index >= 15 is 0 Å². The standard InChI is InChI=1S/C31H35FN2O2S/c32-26-18-16-25(17-19-26)23-34(30(35)20-21-37-28-14-8-3-9-15-28)29(22-24-10-4-1-5-11-24)31(36)33-27-12-6-2-7-13-27/h1,3-5,8-11,14-19,27,29H,2,6-7,12-13,20-23H2,(H,33,36). The molecule has 0 saturated heterocycles. The average molecular weight is 519 g/mol. The molecule has 4 rings (SSSR count). The molecule has 3 aromatic rings. The Morgan fingerprint density at radius 2 is 1.51 bits per heavy atom. The number of benzene rings is 3. The van der Waals surface area contributed by atoms with Crippen molar-refractivity contribution in [3.8, 4) is 0 Å². The van der Waals surface area contributed by atoms with Crippen LogP contribution in [0.5, 0.6) is 0 Å². The Balaban J connectivity index is 1.56. The normalized spacial score (nSPS) is 14.6. The number of nitrogens with zero attached hydrogens (tertiary/aromatic N) is 1. The molecule has 37 heavy (non-hydrogen) atoms. The molecule has 194 valence electrons. The minimum absolute atomic E-state index is 0.0764. The molecular weight excluding hydrogens is 483 g/mol. The van der Waals surface area contributed by atoms with Crippen molar-refractivity contribution in [2.45, 2.75) is 68.5 Å². The Morgan fingerprint density at radius 3 is 2.19 bits per heavy atom. The summed E-state index contributed by atoms with van der Waals surface area (Å²) >= 11 is 1.63. The molecule has 1 saturated carbocycles. The number of hydrogen-bond donors (Lipinski definition) is 1. The van der Waals surface area contributed by atoms with Crippen LogP contribution in [0.2, 0.25) is 0 Å². The van der Waals surface area contributed by atoms with Gasteiger partial charge in [-0.05, 0) is 48.2 Å². The lowest BCUT2D eigenvalue weighted by Crippen LogP contribution is -2.52. The van der Waals surface area contributed by atoms with E-state index in [4.69, 9.17) is 0 Å². The van der Waals surface area contributed by atoms with Crippen molar-refractivity contribution in [3.05, 3.63) is 102 Å². The lowest BCUT2D eigenvalue weighted by Gasteiger charge is -2.33. The molecule has 0 spiro atoms. The molecule has 0 heterocycles. The first-order valence-corrected chi connectivity index (χ1v) is 14.1. The molecule has 1 fully saturated rings. The Labute approximate surface area is 223 Å². The monoisotopic (exact) mass is 518 g/mol. The van der Waals surface area contributed by atoms with Crippen LogP contribution in [-0.4, -0.2) is 34.6 Å². The fourth-order valence-corrected chi connectivity index (χ4v) is 5.66. The summed E-state index contributed by atoms with van der Waals surface area (Å²) in [5.41, 5.74) is 1.80. The fourth-order valence-electron chi connectivity index (χ4n) is 4.80. The Kier molecular flexibility index (Phi) is 10.2. The topological polar surface area (TPSA) is 49.4 Å². The highest BCUT2D eigenvalue weighted by molar-refractivity contribution is 7.99. The number of rotatable bonds is 11. The van der Waals surface area contributed by atoms with Crippen LogP contribution in [0.4, 0.5) is 4.39 Å². The molecule has 1 unspecified atom stereocenters. The van der Waals surface area contributed by atoms with E-state index in [1.54, 1.807) is 28.8 Å². The molecule has 1 aliphatic rings. The number of carbonyl (C=O) groups excluding carboxylic acids is 2. The Bertz CT molecular complexity index is 1120. The van der Waals surface area contributed by atoms with E-state index in [2.05, 4.69) is 5.32 Å². The molecule has 6 heteroatoms. The second-order valence-electron chi connectivity index (χ2n) is 9.61. The van der Waals surface area contributed by atoms with Gasteiger partial charge in [0.2, 0.25) is 11.8 Å². The molecule has 4 nitrogen and oxygen atoms in total. The molecule has 0 bridgehead atoms. The smallest absolute Gasteiger partial charge is 0.243 e. The van der Waals surface area contributed by atoms with Gasteiger partial charge in [0.1, 0.15) is 11.9 Å². The van der Waals surface area contributed by atoms with Gasteiger partial charge in [-0.2, -0.15) is 0 Å². The highest BCUT2D eigenvalue weighted by Crippen LogP contribution is 2.22. The predicted octanol–water partition coefficient (Wildman–Crippen LogP) is 6.40. The summed E-state index contributed by atoms with van der Waals surface area (Å²) in [4.78, 5) is 30.2. The van der Waals surface area contributed by atoms with Gasteiger partial charge in [-0.15, -0.1) is 11.8 Å². The largest absolute Gasteiger partial charge is 0.352 e. The summed E-state index contributed by atoms with van der Waals surface area (Å²) in [7, 11) is 0. The minimum atomic E-state index is -0.649. The van der Waals surface area contributed by atoms with E-state index in [0.717, 1.165) is 41.7 Å². The first-order chi connectivity index (χ1) is 18.1. The first kappa shape index (κ1) is 26.9. The van der Waals surface area contributed by atoms with Crippen LogP contribution in [0, 0.1) is 5.82 Å². The van der Waals surface area contributed by atoms with Crippen LogP contribution >= 0.6 is 11.8 Å². The van der Waals surface area contributed by atoms with Crippen molar-refractivity contribution >= 4 is 23.6 Å². The lowest BCUT2D eigenvalue weighted by molar-refractivity contribution is -0.141. The van der Waals surface area contributed by atoms with Crippen molar-refractivity contribution in [3.63, 3.8) is 0 Å². The van der Waals surface area contributed by atoms with E-state index in [9.17, 15) is 14.0 Å². The second-order valence-corrected chi connectivity index (χ2v) is 10.8. The highest BCUT2D eigenvalue weighted by Gasteiger charge is 2.31. The first-order valence-electron chi connectivity index (χ1n) is 13.1. The van der Waals surface area contributed by atoms with E-state index in [1.165, 1.54) is 18.6 Å². The number of carbonyl (C=O) groups is 2. The molecular formula is C31H35FN2O2S. The third kappa shape index (κ3) is 8.46. The third-order valence-corrected chi connectivity index (χ3v) is 7.83. The van der Waals surface area contributed by atoms with Crippen LogP contribution in [-0.2, 0) is 22.6 Å². The Morgan fingerprint density at radius 1 is 0.865 bits per heavy atom. The number of halogens is 1. The molecule has 0 radical (unpaired) electrons. The van der Waals surface area contributed by atoms with Crippen LogP contribution in [0.15, 0.2) is 89.8 Å². The number of thioether (sulfide) groups is 1. The highest BCUT2D eigenvalue weighted by atomic mass is 32.2. The maximum atomic E-state index is 13.7. The zero-order chi connectivity index (χ0) is 25.9. The van der Waals surface area contributed by atoms with E-state index in [1.807, 2.05) is 60.7 Å². The number of amides is 2. The van der Waals surface area contributed by atoms with Crippen LogP contribution in [0.3, 0.4) is 0 Å². The van der Waals surface area contributed by atoms with Gasteiger partial charge in [0.25, 0.3) is 0 Å². The maximum absolute atomic E-state index is 13.7. The summed E-state index contributed by atoms with van der Waals surface area (Å²) in [5.74, 6) is 0.108. The quantitative estimate of drug-likeness (QED) is 0.299. The van der Waals surface area contributed by atoms with Crippen molar-refractivity contribution in [2.75, 3.05) is 5.75 Å². The van der Waals surface area contributed by atoms with Gasteiger partial charge in [0.15, 0.2) is 0 Å². The van der Waals surface area contributed by atoms with Crippen molar-refractivity contribution < 1.29 is 14.0 Å². The zero-order valence-corrected chi connectivity index (χ0v) is 22.0. The summed E-state index contributed by atoms with van der Waals surface area (Å²) in [6.45, 7) is 0.255. The van der Waals surface area contributed by atoms with Crippen LogP contribution < -0.4 is 5.32 Å². The maximum Gasteiger partial charge on any atom is 0.243 e. The summed E-state index contributed by atoms with van der Waals surface area (Å²) in [5, 5.41) is 3.25. The average Bonchev–Trinajstić information content (AvgIpc) is 2.93. The van der Waals surface area contributed by atoms with Gasteiger partial charge < -0.3 is 10.2 Å². The fraction of sp³-hybridized carbons (Fsp3) is 0.355. The minimum Gasteiger partial charge on any atom is -0.352 e. The third-order valence-electron chi connectivity index (χ3n) is 6.82. The van der Waals surface area contributed by atoms with E-state index in [0.29, 0.717) is 18.6 Å².